The van der Waals surface area contributed by atoms with Gasteiger partial charge in [-0.2, -0.15) is 0 Å². The molecule has 9 rings (SSSR count). The number of fused-ring (bicyclic) bond motifs is 12. The normalized spacial score (nSPS) is 24.1. The van der Waals surface area contributed by atoms with Gasteiger partial charge in [-0.25, -0.2) is 4.99 Å². The number of anilines is 6. The van der Waals surface area contributed by atoms with Crippen molar-refractivity contribution in [3.63, 3.8) is 0 Å². The summed E-state index contributed by atoms with van der Waals surface area (Å²) in [6.07, 6.45) is 3.55. The van der Waals surface area contributed by atoms with Gasteiger partial charge in [-0.3, -0.25) is 0 Å². The lowest BCUT2D eigenvalue weighted by Crippen LogP contribution is -2.72. The lowest BCUT2D eigenvalue weighted by Gasteiger charge is -2.63. The number of aliphatic imine (C=N–C) groups is 1. The van der Waals surface area contributed by atoms with E-state index in [1.807, 2.05) is 19.9 Å². The zero-order valence-electron chi connectivity index (χ0n) is 29.5. The molecule has 0 amide bonds. The molecule has 0 aliphatic carbocycles. The third-order valence-electron chi connectivity index (χ3n) is 11.6. The van der Waals surface area contributed by atoms with Gasteiger partial charge in [0.05, 0.1) is 22.5 Å². The van der Waals surface area contributed by atoms with Crippen LogP contribution in [0.4, 0.5) is 34.1 Å². The van der Waals surface area contributed by atoms with E-state index in [-0.39, 0.29) is 17.7 Å². The molecule has 4 aliphatic rings. The average Bonchev–Trinajstić information content (AvgIpc) is 3.69. The fourth-order valence-electron chi connectivity index (χ4n) is 9.72. The molecular formula is C45H45N5. The Balaban J connectivity index is 0.00000177. The largest absolute Gasteiger partial charge is 0.317 e. The maximum Gasteiger partial charge on any atom is 0.158 e. The maximum absolute atomic E-state index is 4.80. The summed E-state index contributed by atoms with van der Waals surface area (Å²) in [6, 6.07) is 48.8. The molecule has 50 heavy (non-hydrogen) atoms. The smallest absolute Gasteiger partial charge is 0.158 e. The molecule has 250 valence electrons. The molecular weight excluding hydrogens is 611 g/mol. The second kappa shape index (κ2) is 12.1. The van der Waals surface area contributed by atoms with Crippen LogP contribution in [0.1, 0.15) is 45.2 Å². The summed E-state index contributed by atoms with van der Waals surface area (Å²) in [4.78, 5) is 15.0. The Kier molecular flexibility index (Phi) is 7.67. The second-order valence-electron chi connectivity index (χ2n) is 13.5. The third-order valence-corrected chi connectivity index (χ3v) is 11.6. The minimum atomic E-state index is -0.458. The fourth-order valence-corrected chi connectivity index (χ4v) is 9.72. The van der Waals surface area contributed by atoms with Crippen LogP contribution in [-0.4, -0.2) is 19.0 Å². The zero-order chi connectivity index (χ0) is 34.6. The molecule has 0 bridgehead atoms. The number of rotatable bonds is 5. The number of benzene rings is 5. The molecule has 4 aliphatic heterocycles. The van der Waals surface area contributed by atoms with Crippen molar-refractivity contribution >= 4 is 40.8 Å². The number of para-hydroxylation sites is 6. The van der Waals surface area contributed by atoms with E-state index in [9.17, 15) is 0 Å². The first-order chi connectivity index (χ1) is 24.6. The highest BCUT2D eigenvalue weighted by atomic mass is 15.5. The first kappa shape index (κ1) is 31.7. The average molecular weight is 656 g/mol. The van der Waals surface area contributed by atoms with Crippen molar-refractivity contribution in [2.75, 3.05) is 19.6 Å². The van der Waals surface area contributed by atoms with E-state index in [4.69, 9.17) is 4.99 Å². The Morgan fingerprint density at radius 2 is 1.14 bits per heavy atom. The van der Waals surface area contributed by atoms with Crippen LogP contribution in [0.2, 0.25) is 0 Å². The Morgan fingerprint density at radius 1 is 0.640 bits per heavy atom. The van der Waals surface area contributed by atoms with Gasteiger partial charge in [0.1, 0.15) is 12.3 Å². The standard InChI is InChI=1S/C43H39N5.C2H6/c1-5-34-39(44-4)48-36-26-16-14-24-33(36)43(6-2)29-30-19-13-15-25-35(30)47-38-28-18-17-27-37(38)46(32-22-11-8-12-23-32)40(47)42(43,3)41(48)45(34)31-20-9-7-10-21-31;1-2/h5,7-28,40-41H,1,4,6,29H2,2-3H3;1-2H3. The van der Waals surface area contributed by atoms with Crippen LogP contribution in [0.25, 0.3) is 0 Å². The van der Waals surface area contributed by atoms with Crippen molar-refractivity contribution in [3.05, 3.63) is 169 Å². The van der Waals surface area contributed by atoms with E-state index in [1.165, 1.54) is 39.6 Å². The van der Waals surface area contributed by atoms with Crippen molar-refractivity contribution in [1.29, 1.82) is 0 Å². The molecule has 5 nitrogen and oxygen atoms in total. The molecule has 0 spiro atoms. The third kappa shape index (κ3) is 4.03. The molecule has 4 atom stereocenters. The molecule has 0 fully saturated rings. The van der Waals surface area contributed by atoms with Gasteiger partial charge in [0.15, 0.2) is 5.82 Å². The summed E-state index contributed by atoms with van der Waals surface area (Å²) in [5.74, 6) is 0.840. The van der Waals surface area contributed by atoms with Crippen molar-refractivity contribution < 1.29 is 0 Å². The molecule has 5 aromatic rings. The molecule has 5 heteroatoms. The van der Waals surface area contributed by atoms with Crippen LogP contribution < -0.4 is 19.6 Å². The van der Waals surface area contributed by atoms with Crippen molar-refractivity contribution in [1.82, 2.24) is 0 Å². The predicted molar refractivity (Wildman–Crippen MR) is 211 cm³/mol. The summed E-state index contributed by atoms with van der Waals surface area (Å²) in [6.45, 7) is 17.5. The lowest BCUT2D eigenvalue weighted by atomic mass is 9.52. The highest BCUT2D eigenvalue weighted by molar-refractivity contribution is 5.91. The zero-order valence-corrected chi connectivity index (χ0v) is 29.5. The first-order valence-electron chi connectivity index (χ1n) is 18.0. The highest BCUT2D eigenvalue weighted by Crippen LogP contribution is 2.68. The minimum Gasteiger partial charge on any atom is -0.317 e. The van der Waals surface area contributed by atoms with Crippen LogP contribution in [0, 0.1) is 5.41 Å². The van der Waals surface area contributed by atoms with Crippen molar-refractivity contribution in [2.45, 2.75) is 58.3 Å². The molecule has 5 aromatic carbocycles. The highest BCUT2D eigenvalue weighted by Gasteiger charge is 2.70. The summed E-state index contributed by atoms with van der Waals surface area (Å²) in [5, 5.41) is 0. The van der Waals surface area contributed by atoms with Gasteiger partial charge in [0, 0.05) is 28.2 Å². The van der Waals surface area contributed by atoms with E-state index >= 15 is 0 Å². The van der Waals surface area contributed by atoms with Gasteiger partial charge in [0.2, 0.25) is 0 Å². The summed E-state index contributed by atoms with van der Waals surface area (Å²) < 4.78 is 0. The number of nitrogens with zero attached hydrogens (tertiary/aromatic N) is 5. The van der Waals surface area contributed by atoms with E-state index in [0.717, 1.165) is 30.0 Å². The van der Waals surface area contributed by atoms with E-state index in [1.54, 1.807) is 0 Å². The van der Waals surface area contributed by atoms with Gasteiger partial charge >= 0.3 is 0 Å². The van der Waals surface area contributed by atoms with Crippen molar-refractivity contribution in [2.24, 2.45) is 10.4 Å². The summed E-state index contributed by atoms with van der Waals surface area (Å²) >= 11 is 0. The molecule has 0 radical (unpaired) electrons. The van der Waals surface area contributed by atoms with Crippen LogP contribution in [0.15, 0.2) is 163 Å². The van der Waals surface area contributed by atoms with Gasteiger partial charge in [0.25, 0.3) is 0 Å². The minimum absolute atomic E-state index is 0.108. The lowest BCUT2D eigenvalue weighted by molar-refractivity contribution is 0.0618. The van der Waals surface area contributed by atoms with Gasteiger partial charge in [-0.15, -0.1) is 0 Å². The molecule has 0 saturated heterocycles. The Morgan fingerprint density at radius 3 is 1.74 bits per heavy atom. The molecule has 0 aromatic heterocycles. The Hall–Kier alpha value is -5.55. The monoisotopic (exact) mass is 655 g/mol. The Labute approximate surface area is 297 Å². The van der Waals surface area contributed by atoms with E-state index in [0.29, 0.717) is 0 Å². The van der Waals surface area contributed by atoms with Crippen molar-refractivity contribution in [3.8, 4) is 0 Å². The summed E-state index contributed by atoms with van der Waals surface area (Å²) in [5.41, 5.74) is 10.1. The second-order valence-corrected chi connectivity index (χ2v) is 13.5. The van der Waals surface area contributed by atoms with Gasteiger partial charge in [-0.1, -0.05) is 119 Å². The number of allylic oxidation sites excluding steroid dienone is 1. The van der Waals surface area contributed by atoms with Gasteiger partial charge < -0.3 is 19.6 Å². The fraction of sp³-hybridized carbons (Fsp3) is 0.222. The van der Waals surface area contributed by atoms with Gasteiger partial charge in [-0.05, 0) is 85.3 Å². The SMILES string of the molecule is C=CC1=C(N=C)N2c3ccccc3C3(CC)Cc4ccccc4N4c5ccccc5N(c5ccccc5)C4C3(C)C2N1c1ccccc1.CC. The van der Waals surface area contributed by atoms with Crippen LogP contribution in [0.5, 0.6) is 0 Å². The molecule has 4 heterocycles. The maximum atomic E-state index is 4.80. The molecule has 0 saturated carbocycles. The quantitative estimate of drug-likeness (QED) is 0.176. The van der Waals surface area contributed by atoms with E-state index < -0.39 is 5.41 Å². The number of hydrogen-bond donors (Lipinski definition) is 0. The molecule has 0 N–H and O–H groups in total. The first-order valence-corrected chi connectivity index (χ1v) is 18.0. The molecule has 4 unspecified atom stereocenters. The Bertz CT molecular complexity index is 2100. The van der Waals surface area contributed by atoms with E-state index in [2.05, 4.69) is 180 Å². The predicted octanol–water partition coefficient (Wildman–Crippen LogP) is 11.0. The number of hydrogen-bond acceptors (Lipinski definition) is 5. The summed E-state index contributed by atoms with van der Waals surface area (Å²) in [7, 11) is 0. The van der Waals surface area contributed by atoms with Crippen LogP contribution in [-0.2, 0) is 11.8 Å². The topological polar surface area (TPSA) is 25.3 Å². The van der Waals surface area contributed by atoms with Crippen LogP contribution in [0.3, 0.4) is 0 Å². The van der Waals surface area contributed by atoms with Crippen LogP contribution >= 0.6 is 0 Å².